The predicted octanol–water partition coefficient (Wildman–Crippen LogP) is 4.12. The van der Waals surface area contributed by atoms with Crippen LogP contribution in [0.4, 0.5) is 10.5 Å². The van der Waals surface area contributed by atoms with Crippen LogP contribution in [-0.2, 0) is 16.7 Å². The van der Waals surface area contributed by atoms with E-state index < -0.39 is 10.1 Å². The fourth-order valence-corrected chi connectivity index (χ4v) is 3.35. The summed E-state index contributed by atoms with van der Waals surface area (Å²) >= 11 is 0. The lowest BCUT2D eigenvalue weighted by atomic mass is 10.1. The number of benzene rings is 2. The molecule has 0 heterocycles. The highest BCUT2D eigenvalue weighted by atomic mass is 32.2. The molecule has 0 spiro atoms. The van der Waals surface area contributed by atoms with Crippen molar-refractivity contribution in [3.8, 4) is 17.2 Å². The molecule has 0 unspecified atom stereocenters. The summed E-state index contributed by atoms with van der Waals surface area (Å²) in [6.07, 6.45) is 0. The average Bonchev–Trinajstić information content (AvgIpc) is 2.74. The summed E-state index contributed by atoms with van der Waals surface area (Å²) in [6.45, 7) is 6.46. The number of carbonyl (C=O) groups excluding carboxylic acids is 1. The highest BCUT2D eigenvalue weighted by Crippen LogP contribution is 2.29. The van der Waals surface area contributed by atoms with E-state index >= 15 is 0 Å². The highest BCUT2D eigenvalue weighted by molar-refractivity contribution is 7.87. The second kappa shape index (κ2) is 10.9. The molecule has 0 aliphatic heterocycles. The molecule has 0 aliphatic carbocycles. The zero-order chi connectivity index (χ0) is 23.0. The number of methoxy groups -OCH3 is 2. The average molecular weight is 451 g/mol. The molecule has 2 aromatic carbocycles. The topological polar surface area (TPSA) is 94.2 Å². The van der Waals surface area contributed by atoms with Gasteiger partial charge in [-0.2, -0.15) is 8.42 Å². The van der Waals surface area contributed by atoms with Crippen LogP contribution in [-0.4, -0.2) is 45.9 Å². The number of nitrogens with one attached hydrogen (secondary N) is 1. The number of nitrogens with zero attached hydrogens (tertiary/aromatic N) is 1. The Kier molecular flexibility index (Phi) is 8.56. The van der Waals surface area contributed by atoms with Crippen molar-refractivity contribution in [1.82, 2.24) is 4.90 Å². The zero-order valence-electron chi connectivity index (χ0n) is 18.5. The number of amides is 2. The third kappa shape index (κ3) is 7.36. The number of hydrogen-bond donors (Lipinski definition) is 1. The van der Waals surface area contributed by atoms with Gasteiger partial charge < -0.3 is 23.9 Å². The van der Waals surface area contributed by atoms with Gasteiger partial charge in [-0.05, 0) is 42.7 Å². The van der Waals surface area contributed by atoms with Crippen molar-refractivity contribution in [3.63, 3.8) is 0 Å². The number of anilines is 1. The Morgan fingerprint density at radius 2 is 1.68 bits per heavy atom. The Hall–Kier alpha value is -2.94. The summed E-state index contributed by atoms with van der Waals surface area (Å²) < 4.78 is 38.8. The molecule has 8 nitrogen and oxygen atoms in total. The quantitative estimate of drug-likeness (QED) is 0.547. The smallest absolute Gasteiger partial charge is 0.322 e. The number of rotatable bonds is 10. The van der Waals surface area contributed by atoms with Gasteiger partial charge in [0.15, 0.2) is 0 Å². The van der Waals surface area contributed by atoms with E-state index in [2.05, 4.69) is 5.32 Å². The van der Waals surface area contributed by atoms with Gasteiger partial charge in [0, 0.05) is 19.2 Å². The van der Waals surface area contributed by atoms with Gasteiger partial charge in [0.25, 0.3) is 0 Å². The summed E-state index contributed by atoms with van der Waals surface area (Å²) in [5.74, 6) is 1.51. The molecular weight excluding hydrogens is 420 g/mol. The highest BCUT2D eigenvalue weighted by Gasteiger charge is 2.18. The molecule has 0 saturated heterocycles. The summed E-state index contributed by atoms with van der Waals surface area (Å²) in [4.78, 5) is 14.7. The van der Waals surface area contributed by atoms with Gasteiger partial charge in [-0.15, -0.1) is 0 Å². The van der Waals surface area contributed by atoms with E-state index in [0.717, 1.165) is 5.56 Å². The number of ether oxygens (including phenoxy) is 2. The van der Waals surface area contributed by atoms with E-state index in [1.54, 1.807) is 54.5 Å². The number of urea groups is 1. The van der Waals surface area contributed by atoms with E-state index in [1.807, 2.05) is 13.8 Å². The first kappa shape index (κ1) is 24.3. The van der Waals surface area contributed by atoms with Crippen LogP contribution in [0.15, 0.2) is 42.5 Å². The molecule has 0 radical (unpaired) electrons. The maximum absolute atomic E-state index is 13.0. The molecule has 0 fully saturated rings. The van der Waals surface area contributed by atoms with E-state index in [4.69, 9.17) is 13.7 Å². The molecule has 0 atom stereocenters. The minimum atomic E-state index is -3.58. The second-order valence-electron chi connectivity index (χ2n) is 7.34. The minimum Gasteiger partial charge on any atom is -0.497 e. The molecular formula is C22H30N2O6S. The zero-order valence-corrected chi connectivity index (χ0v) is 19.4. The SMILES string of the molecule is CCS(=O)(=O)Oc1ccc(CN(CC(C)C)C(=O)Nc2ccc(OC)cc2OC)cc1. The Labute approximate surface area is 184 Å². The van der Waals surface area contributed by atoms with Crippen LogP contribution in [0.5, 0.6) is 17.2 Å². The summed E-state index contributed by atoms with van der Waals surface area (Å²) in [5.41, 5.74) is 1.38. The van der Waals surface area contributed by atoms with Crippen LogP contribution in [0.3, 0.4) is 0 Å². The van der Waals surface area contributed by atoms with E-state index in [-0.39, 0.29) is 23.5 Å². The fraction of sp³-hybridized carbons (Fsp3) is 0.409. The van der Waals surface area contributed by atoms with Crippen LogP contribution >= 0.6 is 0 Å². The predicted molar refractivity (Wildman–Crippen MR) is 120 cm³/mol. The number of carbonyl (C=O) groups is 1. The first-order chi connectivity index (χ1) is 14.7. The van der Waals surface area contributed by atoms with Crippen molar-refractivity contribution in [3.05, 3.63) is 48.0 Å². The van der Waals surface area contributed by atoms with Gasteiger partial charge in [-0.1, -0.05) is 26.0 Å². The number of hydrogen-bond acceptors (Lipinski definition) is 6. The van der Waals surface area contributed by atoms with Crippen molar-refractivity contribution in [1.29, 1.82) is 0 Å². The summed E-state index contributed by atoms with van der Waals surface area (Å²) in [5, 5.41) is 2.89. The first-order valence-corrected chi connectivity index (χ1v) is 11.5. The van der Waals surface area contributed by atoms with Gasteiger partial charge in [-0.3, -0.25) is 0 Å². The third-order valence-corrected chi connectivity index (χ3v) is 5.55. The van der Waals surface area contributed by atoms with Crippen LogP contribution in [0.25, 0.3) is 0 Å². The normalized spacial score (nSPS) is 11.2. The molecule has 2 amide bonds. The molecule has 0 aliphatic rings. The van der Waals surface area contributed by atoms with Gasteiger partial charge in [0.1, 0.15) is 17.2 Å². The third-order valence-electron chi connectivity index (χ3n) is 4.40. The Morgan fingerprint density at radius 3 is 2.23 bits per heavy atom. The molecule has 0 aromatic heterocycles. The van der Waals surface area contributed by atoms with Crippen molar-refractivity contribution in [2.75, 3.05) is 31.8 Å². The van der Waals surface area contributed by atoms with Crippen LogP contribution in [0.1, 0.15) is 26.3 Å². The van der Waals surface area contributed by atoms with E-state index in [9.17, 15) is 13.2 Å². The van der Waals surface area contributed by atoms with Crippen molar-refractivity contribution in [2.45, 2.75) is 27.3 Å². The lowest BCUT2D eigenvalue weighted by molar-refractivity contribution is 0.201. The molecule has 170 valence electrons. The monoisotopic (exact) mass is 450 g/mol. The van der Waals surface area contributed by atoms with Crippen molar-refractivity contribution >= 4 is 21.8 Å². The maximum Gasteiger partial charge on any atom is 0.322 e. The molecule has 0 saturated carbocycles. The molecule has 2 rings (SSSR count). The van der Waals surface area contributed by atoms with Gasteiger partial charge in [-0.25, -0.2) is 4.79 Å². The Morgan fingerprint density at radius 1 is 1.03 bits per heavy atom. The summed E-state index contributed by atoms with van der Waals surface area (Å²) in [6, 6.07) is 11.6. The Bertz CT molecular complexity index is 974. The van der Waals surface area contributed by atoms with Crippen LogP contribution in [0, 0.1) is 5.92 Å². The fourth-order valence-electron chi connectivity index (χ4n) is 2.83. The summed E-state index contributed by atoms with van der Waals surface area (Å²) in [7, 11) is -0.492. The van der Waals surface area contributed by atoms with Gasteiger partial charge in [0.05, 0.1) is 25.7 Å². The molecule has 2 aromatic rings. The minimum absolute atomic E-state index is 0.105. The van der Waals surface area contributed by atoms with E-state index in [1.165, 1.54) is 14.0 Å². The van der Waals surface area contributed by atoms with E-state index in [0.29, 0.717) is 30.3 Å². The van der Waals surface area contributed by atoms with Gasteiger partial charge in [0.2, 0.25) is 0 Å². The Balaban J connectivity index is 2.15. The molecule has 0 bridgehead atoms. The largest absolute Gasteiger partial charge is 0.497 e. The van der Waals surface area contributed by atoms with Gasteiger partial charge >= 0.3 is 16.1 Å². The maximum atomic E-state index is 13.0. The van der Waals surface area contributed by atoms with Crippen LogP contribution < -0.4 is 19.0 Å². The molecule has 9 heteroatoms. The lowest BCUT2D eigenvalue weighted by Crippen LogP contribution is -2.37. The van der Waals surface area contributed by atoms with Crippen molar-refractivity contribution < 1.29 is 26.9 Å². The standard InChI is InChI=1S/C22H30N2O6S/c1-6-31(26,27)30-18-9-7-17(8-10-18)15-24(14-16(2)3)22(25)23-20-12-11-19(28-4)13-21(20)29-5/h7-13,16H,6,14-15H2,1-5H3,(H,23,25). The molecule has 31 heavy (non-hydrogen) atoms. The van der Waals surface area contributed by atoms with Crippen LogP contribution in [0.2, 0.25) is 0 Å². The second-order valence-corrected chi connectivity index (χ2v) is 9.20. The molecule has 1 N–H and O–H groups in total. The van der Waals surface area contributed by atoms with Crippen molar-refractivity contribution in [2.24, 2.45) is 5.92 Å². The lowest BCUT2D eigenvalue weighted by Gasteiger charge is -2.25. The first-order valence-electron chi connectivity index (χ1n) is 9.96.